The highest BCUT2D eigenvalue weighted by Gasteiger charge is 2.23. The van der Waals surface area contributed by atoms with Crippen LogP contribution in [0.4, 0.5) is 5.69 Å². The van der Waals surface area contributed by atoms with Gasteiger partial charge < -0.3 is 10.3 Å². The third kappa shape index (κ3) is 2.07. The van der Waals surface area contributed by atoms with Crippen LogP contribution in [-0.4, -0.2) is 15.1 Å². The number of hydrogen-bond donors (Lipinski definition) is 1. The average Bonchev–Trinajstić information content (AvgIpc) is 2.77. The van der Waals surface area contributed by atoms with Crippen molar-refractivity contribution in [2.45, 2.75) is 19.9 Å². The van der Waals surface area contributed by atoms with Gasteiger partial charge in [0, 0.05) is 6.07 Å². The van der Waals surface area contributed by atoms with Crippen LogP contribution in [0.25, 0.3) is 11.5 Å². The van der Waals surface area contributed by atoms with Gasteiger partial charge in [-0.15, -0.1) is 0 Å². The van der Waals surface area contributed by atoms with E-state index in [-0.39, 0.29) is 17.6 Å². The van der Waals surface area contributed by atoms with E-state index in [1.54, 1.807) is 26.0 Å². The van der Waals surface area contributed by atoms with Gasteiger partial charge in [-0.2, -0.15) is 4.98 Å². The molecule has 0 amide bonds. The molecule has 1 heterocycles. The van der Waals surface area contributed by atoms with Crippen molar-refractivity contribution in [2.24, 2.45) is 5.73 Å². The second-order valence-electron chi connectivity index (χ2n) is 3.97. The summed E-state index contributed by atoms with van der Waals surface area (Å²) in [6.07, 6.45) is 0. The van der Waals surface area contributed by atoms with Gasteiger partial charge in [0.05, 0.1) is 11.0 Å². The molecule has 1 aromatic heterocycles. The highest BCUT2D eigenvalue weighted by atomic mass is 16.6. The van der Waals surface area contributed by atoms with Crippen molar-refractivity contribution in [3.63, 3.8) is 0 Å². The summed E-state index contributed by atoms with van der Waals surface area (Å²) in [5, 5.41) is 14.7. The maximum absolute atomic E-state index is 11.0. The number of nitro groups is 1. The summed E-state index contributed by atoms with van der Waals surface area (Å²) in [7, 11) is 0. The van der Waals surface area contributed by atoms with E-state index in [0.717, 1.165) is 0 Å². The lowest BCUT2D eigenvalue weighted by Crippen LogP contribution is -2.06. The zero-order valence-electron chi connectivity index (χ0n) is 9.95. The number of nitrogens with two attached hydrogens (primary N) is 1. The predicted octanol–water partition coefficient (Wildman–Crippen LogP) is 1.97. The Balaban J connectivity index is 2.58. The van der Waals surface area contributed by atoms with Crippen LogP contribution < -0.4 is 5.73 Å². The fourth-order valence-corrected chi connectivity index (χ4v) is 1.60. The number of aryl methyl sites for hydroxylation is 1. The molecule has 0 aliphatic heterocycles. The van der Waals surface area contributed by atoms with E-state index in [1.165, 1.54) is 6.07 Å². The monoisotopic (exact) mass is 248 g/mol. The minimum atomic E-state index is -0.474. The molecule has 7 heteroatoms. The molecule has 1 aromatic carbocycles. The van der Waals surface area contributed by atoms with Crippen LogP contribution in [0.2, 0.25) is 0 Å². The number of rotatable bonds is 3. The van der Waals surface area contributed by atoms with E-state index in [2.05, 4.69) is 10.1 Å². The third-order valence-corrected chi connectivity index (χ3v) is 2.51. The molecule has 94 valence electrons. The topological polar surface area (TPSA) is 108 Å². The molecule has 0 bridgehead atoms. The lowest BCUT2D eigenvalue weighted by Gasteiger charge is -2.01. The third-order valence-electron chi connectivity index (χ3n) is 2.51. The first kappa shape index (κ1) is 12.2. The first-order chi connectivity index (χ1) is 8.50. The van der Waals surface area contributed by atoms with Gasteiger partial charge >= 0.3 is 0 Å². The second kappa shape index (κ2) is 4.53. The van der Waals surface area contributed by atoms with Gasteiger partial charge in [-0.1, -0.05) is 17.3 Å². The van der Waals surface area contributed by atoms with Crippen molar-refractivity contribution >= 4 is 5.69 Å². The number of aromatic nitrogens is 2. The largest absolute Gasteiger partial charge is 0.334 e. The van der Waals surface area contributed by atoms with Gasteiger partial charge in [-0.05, 0) is 19.4 Å². The quantitative estimate of drug-likeness (QED) is 0.657. The van der Waals surface area contributed by atoms with Crippen LogP contribution in [0.15, 0.2) is 22.7 Å². The fraction of sp³-hybridized carbons (Fsp3) is 0.273. The molecule has 7 nitrogen and oxygen atoms in total. The van der Waals surface area contributed by atoms with Gasteiger partial charge in [0.15, 0.2) is 5.82 Å². The summed E-state index contributed by atoms with van der Waals surface area (Å²) in [5.74, 6) is 0.439. The molecule has 18 heavy (non-hydrogen) atoms. The molecule has 2 rings (SSSR count). The average molecular weight is 248 g/mol. The first-order valence-electron chi connectivity index (χ1n) is 5.34. The Morgan fingerprint density at radius 2 is 2.22 bits per heavy atom. The van der Waals surface area contributed by atoms with Crippen LogP contribution in [0, 0.1) is 17.0 Å². The molecule has 2 N–H and O–H groups in total. The zero-order chi connectivity index (χ0) is 13.3. The van der Waals surface area contributed by atoms with Crippen molar-refractivity contribution in [3.05, 3.63) is 39.7 Å². The molecule has 2 aromatic rings. The van der Waals surface area contributed by atoms with Gasteiger partial charge in [0.2, 0.25) is 0 Å². The van der Waals surface area contributed by atoms with Gasteiger partial charge in [-0.3, -0.25) is 10.1 Å². The SMILES string of the molecule is Cc1cccc([N+](=O)[O-])c1-c1nc(C(C)N)no1. The smallest absolute Gasteiger partial charge is 0.282 e. The molecule has 1 atom stereocenters. The molecule has 1 unspecified atom stereocenters. The molecule has 0 spiro atoms. The lowest BCUT2D eigenvalue weighted by atomic mass is 10.1. The van der Waals surface area contributed by atoms with Crippen molar-refractivity contribution in [2.75, 3.05) is 0 Å². The normalized spacial score (nSPS) is 12.4. The van der Waals surface area contributed by atoms with Gasteiger partial charge in [0.1, 0.15) is 5.56 Å². The standard InChI is InChI=1S/C11H12N4O3/c1-6-4-3-5-8(15(16)17)9(6)11-13-10(7(2)12)14-18-11/h3-5,7H,12H2,1-2H3. The highest BCUT2D eigenvalue weighted by Crippen LogP contribution is 2.31. The van der Waals surface area contributed by atoms with Crippen molar-refractivity contribution < 1.29 is 9.45 Å². The molecule has 0 aliphatic carbocycles. The Kier molecular flexibility index (Phi) is 3.07. The maximum Gasteiger partial charge on any atom is 0.282 e. The molecule has 0 aliphatic rings. The molecule has 0 radical (unpaired) electrons. The Morgan fingerprint density at radius 3 is 2.78 bits per heavy atom. The predicted molar refractivity (Wildman–Crippen MR) is 63.7 cm³/mol. The second-order valence-corrected chi connectivity index (χ2v) is 3.97. The number of nitro benzene ring substituents is 1. The summed E-state index contributed by atoms with van der Waals surface area (Å²) in [6.45, 7) is 3.46. The fourth-order valence-electron chi connectivity index (χ4n) is 1.60. The maximum atomic E-state index is 11.0. The zero-order valence-corrected chi connectivity index (χ0v) is 9.95. The van der Waals surface area contributed by atoms with E-state index in [1.807, 2.05) is 0 Å². The van der Waals surface area contributed by atoms with E-state index in [0.29, 0.717) is 17.0 Å². The molecule has 0 saturated carbocycles. The van der Waals surface area contributed by atoms with Gasteiger partial charge in [0.25, 0.3) is 11.6 Å². The summed E-state index contributed by atoms with van der Waals surface area (Å²) < 4.78 is 5.04. The van der Waals surface area contributed by atoms with Crippen LogP contribution >= 0.6 is 0 Å². The Hall–Kier alpha value is -2.28. The minimum Gasteiger partial charge on any atom is -0.334 e. The van der Waals surface area contributed by atoms with E-state index in [9.17, 15) is 10.1 Å². The summed E-state index contributed by atoms with van der Waals surface area (Å²) >= 11 is 0. The number of nitrogens with zero attached hydrogens (tertiary/aromatic N) is 3. The van der Waals surface area contributed by atoms with Crippen molar-refractivity contribution in [1.29, 1.82) is 0 Å². The van der Waals surface area contributed by atoms with E-state index >= 15 is 0 Å². The highest BCUT2D eigenvalue weighted by molar-refractivity contribution is 5.70. The molecule has 0 fully saturated rings. The van der Waals surface area contributed by atoms with Crippen LogP contribution in [0.5, 0.6) is 0 Å². The van der Waals surface area contributed by atoms with Crippen LogP contribution in [-0.2, 0) is 0 Å². The Labute approximate surface area is 103 Å². The molecular weight excluding hydrogens is 236 g/mol. The first-order valence-corrected chi connectivity index (χ1v) is 5.34. The Bertz CT molecular complexity index is 592. The number of benzene rings is 1. The van der Waals surface area contributed by atoms with Crippen LogP contribution in [0.1, 0.15) is 24.4 Å². The van der Waals surface area contributed by atoms with Crippen molar-refractivity contribution in [1.82, 2.24) is 10.1 Å². The molecule has 0 saturated heterocycles. The summed E-state index contributed by atoms with van der Waals surface area (Å²) in [6, 6.07) is 4.38. The molecular formula is C11H12N4O3. The van der Waals surface area contributed by atoms with E-state index in [4.69, 9.17) is 10.3 Å². The minimum absolute atomic E-state index is 0.0603. The summed E-state index contributed by atoms with van der Waals surface area (Å²) in [5.41, 5.74) is 6.60. The number of hydrogen-bond acceptors (Lipinski definition) is 6. The van der Waals surface area contributed by atoms with Gasteiger partial charge in [-0.25, -0.2) is 0 Å². The Morgan fingerprint density at radius 1 is 1.50 bits per heavy atom. The van der Waals surface area contributed by atoms with Crippen LogP contribution in [0.3, 0.4) is 0 Å². The van der Waals surface area contributed by atoms with Crippen molar-refractivity contribution in [3.8, 4) is 11.5 Å². The lowest BCUT2D eigenvalue weighted by molar-refractivity contribution is -0.384. The summed E-state index contributed by atoms with van der Waals surface area (Å²) in [4.78, 5) is 14.6. The van der Waals surface area contributed by atoms with E-state index < -0.39 is 4.92 Å².